The van der Waals surface area contributed by atoms with Gasteiger partial charge in [0.1, 0.15) is 0 Å². The largest absolute Gasteiger partial charge is 0.291 e. The maximum atomic E-state index is 5.94. The van der Waals surface area contributed by atoms with Crippen LogP contribution in [0.4, 0.5) is 0 Å². The summed E-state index contributed by atoms with van der Waals surface area (Å²) in [7, 11) is 0. The summed E-state index contributed by atoms with van der Waals surface area (Å²) in [5, 5.41) is 0.770. The first-order valence-electron chi connectivity index (χ1n) is 8.52. The summed E-state index contributed by atoms with van der Waals surface area (Å²) in [6.07, 6.45) is 4.37. The maximum Gasteiger partial charge on any atom is 0.0406 e. The fourth-order valence-electron chi connectivity index (χ4n) is 2.78. The molecule has 0 amide bonds. The predicted octanol–water partition coefficient (Wildman–Crippen LogP) is 6.06. The van der Waals surface area contributed by atoms with Gasteiger partial charge in [-0.2, -0.15) is 0 Å². The van der Waals surface area contributed by atoms with E-state index in [1.807, 2.05) is 24.3 Å². The second-order valence-electron chi connectivity index (χ2n) is 6.09. The van der Waals surface area contributed by atoms with Crippen LogP contribution < -0.4 is 0 Å². The Bertz CT molecular complexity index is 738. The normalized spacial score (nSPS) is 11.3. The van der Waals surface area contributed by atoms with Gasteiger partial charge in [-0.1, -0.05) is 96.5 Å². The molecule has 0 atom stereocenters. The minimum absolute atomic E-state index is 0.770. The summed E-state index contributed by atoms with van der Waals surface area (Å²) in [5.74, 6) is 0. The highest BCUT2D eigenvalue weighted by Gasteiger charge is 2.05. The average Bonchev–Trinajstić information content (AvgIpc) is 2.65. The Labute approximate surface area is 155 Å². The van der Waals surface area contributed by atoms with Crippen molar-refractivity contribution in [1.82, 2.24) is 4.90 Å². The third-order valence-corrected chi connectivity index (χ3v) is 4.29. The standard InChI is InChI=1S/C23H22ClN/c24-23-15-13-20(14-16-23)12-7-17-25(18-21-8-3-1-4-9-21)19-22-10-5-2-6-11-22/h1-16H,17-19H2/b12-7-. The van der Waals surface area contributed by atoms with Crippen molar-refractivity contribution in [2.75, 3.05) is 6.54 Å². The molecule has 0 aliphatic carbocycles. The molecule has 0 saturated heterocycles. The first kappa shape index (κ1) is 17.5. The molecule has 0 radical (unpaired) electrons. The lowest BCUT2D eigenvalue weighted by Gasteiger charge is -2.21. The van der Waals surface area contributed by atoms with Crippen LogP contribution in [-0.4, -0.2) is 11.4 Å². The van der Waals surface area contributed by atoms with Crippen LogP contribution in [0.3, 0.4) is 0 Å². The number of nitrogens with zero attached hydrogens (tertiary/aromatic N) is 1. The van der Waals surface area contributed by atoms with E-state index in [1.54, 1.807) is 0 Å². The molecule has 0 heterocycles. The van der Waals surface area contributed by atoms with E-state index in [4.69, 9.17) is 11.6 Å². The quantitative estimate of drug-likeness (QED) is 0.502. The lowest BCUT2D eigenvalue weighted by molar-refractivity contribution is 0.286. The van der Waals surface area contributed by atoms with E-state index in [1.165, 1.54) is 16.7 Å². The van der Waals surface area contributed by atoms with Crippen molar-refractivity contribution in [1.29, 1.82) is 0 Å². The summed E-state index contributed by atoms with van der Waals surface area (Å²) in [5.41, 5.74) is 3.83. The van der Waals surface area contributed by atoms with Crippen LogP contribution >= 0.6 is 11.6 Å². The molecule has 1 nitrogen and oxygen atoms in total. The van der Waals surface area contributed by atoms with Gasteiger partial charge in [-0.3, -0.25) is 4.90 Å². The number of hydrogen-bond acceptors (Lipinski definition) is 1. The van der Waals surface area contributed by atoms with Crippen molar-refractivity contribution in [2.24, 2.45) is 0 Å². The molecule has 2 heteroatoms. The monoisotopic (exact) mass is 347 g/mol. The van der Waals surface area contributed by atoms with E-state index in [2.05, 4.69) is 77.7 Å². The molecule has 126 valence electrons. The third-order valence-electron chi connectivity index (χ3n) is 4.04. The summed E-state index contributed by atoms with van der Waals surface area (Å²) in [6.45, 7) is 2.76. The van der Waals surface area contributed by atoms with E-state index in [9.17, 15) is 0 Å². The topological polar surface area (TPSA) is 3.24 Å². The van der Waals surface area contributed by atoms with E-state index >= 15 is 0 Å². The Kier molecular flexibility index (Phi) is 6.44. The second kappa shape index (κ2) is 9.22. The minimum Gasteiger partial charge on any atom is -0.291 e. The molecular formula is C23H22ClN. The Morgan fingerprint density at radius 1 is 0.680 bits per heavy atom. The molecule has 3 rings (SSSR count). The van der Waals surface area contributed by atoms with Crippen molar-refractivity contribution >= 4 is 17.7 Å². The molecule has 0 aliphatic heterocycles. The van der Waals surface area contributed by atoms with Crippen LogP contribution in [0.15, 0.2) is 91.0 Å². The fraction of sp³-hybridized carbons (Fsp3) is 0.130. The lowest BCUT2D eigenvalue weighted by Crippen LogP contribution is -2.22. The van der Waals surface area contributed by atoms with Gasteiger partial charge in [0, 0.05) is 24.7 Å². The van der Waals surface area contributed by atoms with Gasteiger partial charge in [-0.15, -0.1) is 0 Å². The van der Waals surface area contributed by atoms with E-state index < -0.39 is 0 Å². The van der Waals surface area contributed by atoms with Gasteiger partial charge in [0.25, 0.3) is 0 Å². The van der Waals surface area contributed by atoms with Gasteiger partial charge in [-0.05, 0) is 28.8 Å². The second-order valence-corrected chi connectivity index (χ2v) is 6.53. The Balaban J connectivity index is 1.68. The summed E-state index contributed by atoms with van der Waals surface area (Å²) >= 11 is 5.94. The minimum atomic E-state index is 0.770. The van der Waals surface area contributed by atoms with Gasteiger partial charge >= 0.3 is 0 Å². The first-order valence-corrected chi connectivity index (χ1v) is 8.90. The lowest BCUT2D eigenvalue weighted by atomic mass is 10.1. The zero-order valence-electron chi connectivity index (χ0n) is 14.2. The van der Waals surface area contributed by atoms with Crippen LogP contribution in [0.5, 0.6) is 0 Å². The number of hydrogen-bond donors (Lipinski definition) is 0. The molecule has 0 saturated carbocycles. The molecule has 3 aromatic carbocycles. The fourth-order valence-corrected chi connectivity index (χ4v) is 2.91. The van der Waals surface area contributed by atoms with Gasteiger partial charge in [0.05, 0.1) is 0 Å². The van der Waals surface area contributed by atoms with E-state index in [-0.39, 0.29) is 0 Å². The summed E-state index contributed by atoms with van der Waals surface area (Å²) in [6, 6.07) is 29.2. The molecule has 0 spiro atoms. The highest BCUT2D eigenvalue weighted by atomic mass is 35.5. The molecule has 0 aliphatic rings. The van der Waals surface area contributed by atoms with Crippen LogP contribution in [0.25, 0.3) is 6.08 Å². The zero-order valence-corrected chi connectivity index (χ0v) is 14.9. The van der Waals surface area contributed by atoms with Crippen LogP contribution in [-0.2, 0) is 13.1 Å². The molecule has 0 bridgehead atoms. The van der Waals surface area contributed by atoms with Gasteiger partial charge in [-0.25, -0.2) is 0 Å². The molecule has 25 heavy (non-hydrogen) atoms. The average molecular weight is 348 g/mol. The van der Waals surface area contributed by atoms with Gasteiger partial charge < -0.3 is 0 Å². The molecule has 0 N–H and O–H groups in total. The molecular weight excluding hydrogens is 326 g/mol. The number of halogens is 1. The summed E-state index contributed by atoms with van der Waals surface area (Å²) in [4.78, 5) is 2.44. The van der Waals surface area contributed by atoms with Gasteiger partial charge in [0.15, 0.2) is 0 Å². The molecule has 3 aromatic rings. The Morgan fingerprint density at radius 3 is 1.72 bits per heavy atom. The number of benzene rings is 3. The summed E-state index contributed by atoms with van der Waals surface area (Å²) < 4.78 is 0. The first-order chi connectivity index (χ1) is 12.3. The van der Waals surface area contributed by atoms with Crippen molar-refractivity contribution in [3.8, 4) is 0 Å². The van der Waals surface area contributed by atoms with Crippen molar-refractivity contribution < 1.29 is 0 Å². The SMILES string of the molecule is Clc1ccc(/C=C\CN(Cc2ccccc2)Cc2ccccc2)cc1. The van der Waals surface area contributed by atoms with E-state index in [0.29, 0.717) is 0 Å². The van der Waals surface area contributed by atoms with Crippen molar-refractivity contribution in [2.45, 2.75) is 13.1 Å². The predicted molar refractivity (Wildman–Crippen MR) is 107 cm³/mol. The highest BCUT2D eigenvalue weighted by molar-refractivity contribution is 6.30. The molecule has 0 unspecified atom stereocenters. The number of rotatable bonds is 7. The van der Waals surface area contributed by atoms with Crippen molar-refractivity contribution in [3.63, 3.8) is 0 Å². The van der Waals surface area contributed by atoms with Crippen LogP contribution in [0.1, 0.15) is 16.7 Å². The van der Waals surface area contributed by atoms with Crippen LogP contribution in [0.2, 0.25) is 5.02 Å². The third kappa shape index (κ3) is 5.90. The van der Waals surface area contributed by atoms with Crippen LogP contribution in [0, 0.1) is 0 Å². The van der Waals surface area contributed by atoms with E-state index in [0.717, 1.165) is 24.7 Å². The smallest absolute Gasteiger partial charge is 0.0406 e. The maximum absolute atomic E-state index is 5.94. The zero-order chi connectivity index (χ0) is 17.3. The Hall–Kier alpha value is -2.35. The Morgan fingerprint density at radius 2 is 1.20 bits per heavy atom. The molecule has 0 fully saturated rings. The highest BCUT2D eigenvalue weighted by Crippen LogP contribution is 2.13. The van der Waals surface area contributed by atoms with Crippen molar-refractivity contribution in [3.05, 3.63) is 113 Å². The van der Waals surface area contributed by atoms with Gasteiger partial charge in [0.2, 0.25) is 0 Å². The molecule has 0 aromatic heterocycles.